The molecular formula is C18H16FN3O2. The third kappa shape index (κ3) is 2.91. The molecule has 2 aliphatic carbocycles. The summed E-state index contributed by atoms with van der Waals surface area (Å²) in [4.78, 5) is 32.6. The summed E-state index contributed by atoms with van der Waals surface area (Å²) in [6.07, 6.45) is 4.23. The molecule has 1 heterocycles. The molecule has 1 amide bonds. The minimum absolute atomic E-state index is 0.0226. The predicted octanol–water partition coefficient (Wildman–Crippen LogP) is 2.88. The second-order valence-corrected chi connectivity index (χ2v) is 6.40. The van der Waals surface area contributed by atoms with Gasteiger partial charge in [0.1, 0.15) is 5.82 Å². The SMILES string of the molecule is O=C1C[C@@H](c2ccc(F)cc2)Cc2nc(NC(=O)C3CC3)ncc21. The molecule has 0 aliphatic heterocycles. The summed E-state index contributed by atoms with van der Waals surface area (Å²) in [6.45, 7) is 0. The maximum Gasteiger partial charge on any atom is 0.229 e. The maximum atomic E-state index is 13.1. The molecule has 0 unspecified atom stereocenters. The van der Waals surface area contributed by atoms with Crippen molar-refractivity contribution in [3.05, 3.63) is 53.1 Å². The predicted molar refractivity (Wildman–Crippen MR) is 85.2 cm³/mol. The number of aromatic nitrogens is 2. The van der Waals surface area contributed by atoms with Gasteiger partial charge in [-0.1, -0.05) is 12.1 Å². The molecule has 6 heteroatoms. The summed E-state index contributed by atoms with van der Waals surface area (Å²) >= 11 is 0. The van der Waals surface area contributed by atoms with E-state index >= 15 is 0 Å². The third-order valence-electron chi connectivity index (χ3n) is 4.56. The number of amides is 1. The molecule has 1 atom stereocenters. The van der Waals surface area contributed by atoms with E-state index in [2.05, 4.69) is 15.3 Å². The number of halogens is 1. The molecule has 1 fully saturated rings. The van der Waals surface area contributed by atoms with Crippen LogP contribution in [-0.2, 0) is 11.2 Å². The van der Waals surface area contributed by atoms with Crippen molar-refractivity contribution < 1.29 is 14.0 Å². The van der Waals surface area contributed by atoms with Crippen molar-refractivity contribution in [3.8, 4) is 0 Å². The Kier molecular flexibility index (Phi) is 3.59. The topological polar surface area (TPSA) is 72.0 Å². The van der Waals surface area contributed by atoms with Gasteiger partial charge in [0.15, 0.2) is 5.78 Å². The summed E-state index contributed by atoms with van der Waals surface area (Å²) in [6, 6.07) is 6.21. The van der Waals surface area contributed by atoms with E-state index in [1.807, 2.05) is 0 Å². The van der Waals surface area contributed by atoms with Gasteiger partial charge in [0.25, 0.3) is 0 Å². The number of rotatable bonds is 3. The number of carbonyl (C=O) groups excluding carboxylic acids is 2. The molecule has 1 aromatic heterocycles. The monoisotopic (exact) mass is 325 g/mol. The fourth-order valence-corrected chi connectivity index (χ4v) is 3.03. The average molecular weight is 325 g/mol. The Bertz CT molecular complexity index is 816. The Morgan fingerprint density at radius 3 is 2.62 bits per heavy atom. The molecule has 24 heavy (non-hydrogen) atoms. The van der Waals surface area contributed by atoms with E-state index in [-0.39, 0.29) is 35.3 Å². The van der Waals surface area contributed by atoms with Crippen LogP contribution in [0.1, 0.15) is 46.8 Å². The van der Waals surface area contributed by atoms with Gasteiger partial charge in [0.05, 0.1) is 11.3 Å². The van der Waals surface area contributed by atoms with Crippen LogP contribution in [0.15, 0.2) is 30.5 Å². The second kappa shape index (κ2) is 5.78. The van der Waals surface area contributed by atoms with Gasteiger partial charge < -0.3 is 0 Å². The molecule has 1 saturated carbocycles. The first-order valence-electron chi connectivity index (χ1n) is 8.05. The number of ketones is 1. The first-order chi connectivity index (χ1) is 11.6. The second-order valence-electron chi connectivity index (χ2n) is 6.40. The van der Waals surface area contributed by atoms with Gasteiger partial charge in [0, 0.05) is 18.5 Å². The Balaban J connectivity index is 1.58. The average Bonchev–Trinajstić information content (AvgIpc) is 3.40. The van der Waals surface area contributed by atoms with Crippen molar-refractivity contribution in [1.29, 1.82) is 0 Å². The molecule has 122 valence electrons. The van der Waals surface area contributed by atoms with Crippen LogP contribution in [-0.4, -0.2) is 21.7 Å². The number of fused-ring (bicyclic) bond motifs is 1. The van der Waals surface area contributed by atoms with Gasteiger partial charge in [-0.05, 0) is 42.9 Å². The lowest BCUT2D eigenvalue weighted by Gasteiger charge is -2.23. The molecule has 0 saturated heterocycles. The van der Waals surface area contributed by atoms with Crippen LogP contribution in [0.3, 0.4) is 0 Å². The van der Waals surface area contributed by atoms with Crippen molar-refractivity contribution in [2.75, 3.05) is 5.32 Å². The fraction of sp³-hybridized carbons (Fsp3) is 0.333. The van der Waals surface area contributed by atoms with Crippen LogP contribution in [0.5, 0.6) is 0 Å². The molecular weight excluding hydrogens is 309 g/mol. The van der Waals surface area contributed by atoms with Crippen LogP contribution in [0, 0.1) is 11.7 Å². The van der Waals surface area contributed by atoms with E-state index in [1.54, 1.807) is 12.1 Å². The lowest BCUT2D eigenvalue weighted by Crippen LogP contribution is -2.22. The van der Waals surface area contributed by atoms with Crippen LogP contribution >= 0.6 is 0 Å². The van der Waals surface area contributed by atoms with E-state index in [4.69, 9.17) is 0 Å². The highest BCUT2D eigenvalue weighted by Crippen LogP contribution is 2.33. The fourth-order valence-electron chi connectivity index (χ4n) is 3.03. The number of anilines is 1. The number of hydrogen-bond donors (Lipinski definition) is 1. The Morgan fingerprint density at radius 2 is 1.92 bits per heavy atom. The minimum Gasteiger partial charge on any atom is -0.294 e. The Morgan fingerprint density at radius 1 is 1.17 bits per heavy atom. The zero-order chi connectivity index (χ0) is 16.7. The standard InChI is InChI=1S/C18H16FN3O2/c19-13-5-3-10(4-6-13)12-7-15-14(16(23)8-12)9-20-18(21-15)22-17(24)11-1-2-11/h3-6,9,11-12H,1-2,7-8H2,(H,20,21,22,24)/t12-/m0/s1. The molecule has 1 N–H and O–H groups in total. The lowest BCUT2D eigenvalue weighted by molar-refractivity contribution is -0.117. The van der Waals surface area contributed by atoms with Gasteiger partial charge in [-0.25, -0.2) is 14.4 Å². The molecule has 0 bridgehead atoms. The maximum absolute atomic E-state index is 13.1. The van der Waals surface area contributed by atoms with E-state index < -0.39 is 0 Å². The Labute approximate surface area is 138 Å². The van der Waals surface area contributed by atoms with Crippen LogP contribution < -0.4 is 5.32 Å². The summed E-state index contributed by atoms with van der Waals surface area (Å²) in [5, 5.41) is 2.71. The minimum atomic E-state index is -0.298. The number of hydrogen-bond acceptors (Lipinski definition) is 4. The quantitative estimate of drug-likeness (QED) is 0.942. The van der Waals surface area contributed by atoms with Crippen LogP contribution in [0.25, 0.3) is 0 Å². The summed E-state index contributed by atoms with van der Waals surface area (Å²) in [5.74, 6) is -0.101. The van der Waals surface area contributed by atoms with Crippen molar-refractivity contribution in [2.24, 2.45) is 5.92 Å². The largest absolute Gasteiger partial charge is 0.294 e. The van der Waals surface area contributed by atoms with Crippen molar-refractivity contribution in [2.45, 2.75) is 31.6 Å². The Hall–Kier alpha value is -2.63. The zero-order valence-electron chi connectivity index (χ0n) is 13.0. The van der Waals surface area contributed by atoms with Crippen LogP contribution in [0.2, 0.25) is 0 Å². The molecule has 5 nitrogen and oxygen atoms in total. The van der Waals surface area contributed by atoms with E-state index in [0.717, 1.165) is 18.4 Å². The number of carbonyl (C=O) groups is 2. The lowest BCUT2D eigenvalue weighted by atomic mass is 9.82. The number of Topliss-reactive ketones (excluding diaryl/α,β-unsaturated/α-hetero) is 1. The summed E-state index contributed by atoms with van der Waals surface area (Å²) in [7, 11) is 0. The van der Waals surface area contributed by atoms with Gasteiger partial charge in [-0.3, -0.25) is 14.9 Å². The number of benzene rings is 1. The molecule has 2 aliphatic rings. The first-order valence-corrected chi connectivity index (χ1v) is 8.05. The van der Waals surface area contributed by atoms with Crippen molar-refractivity contribution >= 4 is 17.6 Å². The van der Waals surface area contributed by atoms with Crippen molar-refractivity contribution in [3.63, 3.8) is 0 Å². The smallest absolute Gasteiger partial charge is 0.229 e. The van der Waals surface area contributed by atoms with Crippen LogP contribution in [0.4, 0.5) is 10.3 Å². The normalized spacial score (nSPS) is 19.7. The number of nitrogens with zero attached hydrogens (tertiary/aromatic N) is 2. The summed E-state index contributed by atoms with van der Waals surface area (Å²) in [5.41, 5.74) is 2.07. The summed E-state index contributed by atoms with van der Waals surface area (Å²) < 4.78 is 13.1. The molecule has 4 rings (SSSR count). The highest BCUT2D eigenvalue weighted by Gasteiger charge is 2.31. The van der Waals surface area contributed by atoms with E-state index in [9.17, 15) is 14.0 Å². The molecule has 0 radical (unpaired) electrons. The molecule has 0 spiro atoms. The van der Waals surface area contributed by atoms with Gasteiger partial charge >= 0.3 is 0 Å². The molecule has 2 aromatic rings. The van der Waals surface area contributed by atoms with E-state index in [1.165, 1.54) is 18.3 Å². The highest BCUT2D eigenvalue weighted by atomic mass is 19.1. The first kappa shape index (κ1) is 14.9. The van der Waals surface area contributed by atoms with Gasteiger partial charge in [0.2, 0.25) is 11.9 Å². The van der Waals surface area contributed by atoms with Gasteiger partial charge in [-0.15, -0.1) is 0 Å². The van der Waals surface area contributed by atoms with Gasteiger partial charge in [-0.2, -0.15) is 0 Å². The van der Waals surface area contributed by atoms with E-state index in [0.29, 0.717) is 24.1 Å². The zero-order valence-corrected chi connectivity index (χ0v) is 13.0. The van der Waals surface area contributed by atoms with Crippen molar-refractivity contribution in [1.82, 2.24) is 9.97 Å². The number of nitrogens with one attached hydrogen (secondary N) is 1. The molecule has 1 aromatic carbocycles. The third-order valence-corrected chi connectivity index (χ3v) is 4.56. The highest BCUT2D eigenvalue weighted by molar-refractivity contribution is 5.99.